The zero-order valence-corrected chi connectivity index (χ0v) is 32.2. The van der Waals surface area contributed by atoms with Crippen molar-refractivity contribution in [1.29, 1.82) is 0 Å². The molecule has 0 bridgehead atoms. The van der Waals surface area contributed by atoms with Crippen molar-refractivity contribution in [3.8, 4) is 33.4 Å². The van der Waals surface area contributed by atoms with Crippen LogP contribution in [0.1, 0.15) is 47.2 Å². The molecule has 1 heteroatoms. The molecule has 2 aliphatic carbocycles. The molecule has 57 heavy (non-hydrogen) atoms. The third-order valence-electron chi connectivity index (χ3n) is 12.7. The lowest BCUT2D eigenvalue weighted by Crippen LogP contribution is -2.40. The summed E-state index contributed by atoms with van der Waals surface area (Å²) in [7, 11) is 0. The Labute approximate surface area is 335 Å². The van der Waals surface area contributed by atoms with Gasteiger partial charge < -0.3 is 4.90 Å². The van der Waals surface area contributed by atoms with Gasteiger partial charge in [0, 0.05) is 21.9 Å². The Morgan fingerprint density at radius 2 is 0.789 bits per heavy atom. The second kappa shape index (κ2) is 12.8. The fourth-order valence-electron chi connectivity index (χ4n) is 10.3. The number of hydrogen-bond donors (Lipinski definition) is 0. The smallest absolute Gasteiger partial charge is 0.0719 e. The summed E-state index contributed by atoms with van der Waals surface area (Å²) in [6.45, 7) is 4.78. The lowest BCUT2D eigenvalue weighted by Gasteiger charge is -2.46. The summed E-state index contributed by atoms with van der Waals surface area (Å²) in [5.41, 5.74) is 18.4. The van der Waals surface area contributed by atoms with Gasteiger partial charge in [-0.15, -0.1) is 0 Å². The molecule has 0 fully saturated rings. The van der Waals surface area contributed by atoms with Crippen LogP contribution in [0, 0.1) is 0 Å². The van der Waals surface area contributed by atoms with Crippen molar-refractivity contribution in [2.45, 2.75) is 24.7 Å². The molecule has 0 saturated carbocycles. The average Bonchev–Trinajstić information content (AvgIpc) is 3.57. The molecule has 0 heterocycles. The number of para-hydroxylation sites is 2. The van der Waals surface area contributed by atoms with Gasteiger partial charge in [0.05, 0.1) is 22.5 Å². The summed E-state index contributed by atoms with van der Waals surface area (Å²) >= 11 is 0. The second-order valence-electron chi connectivity index (χ2n) is 16.0. The summed E-state index contributed by atoms with van der Waals surface area (Å²) in [6.07, 6.45) is 0. The van der Waals surface area contributed by atoms with Crippen molar-refractivity contribution in [2.24, 2.45) is 0 Å². The Balaban J connectivity index is 1.20. The maximum Gasteiger partial charge on any atom is 0.0719 e. The van der Waals surface area contributed by atoms with Crippen LogP contribution >= 0.6 is 0 Å². The van der Waals surface area contributed by atoms with Crippen molar-refractivity contribution >= 4 is 27.8 Å². The molecule has 0 aliphatic heterocycles. The maximum absolute atomic E-state index is 2.52. The molecule has 0 saturated heterocycles. The lowest BCUT2D eigenvalue weighted by atomic mass is 9.55. The van der Waals surface area contributed by atoms with Crippen LogP contribution in [0.4, 0.5) is 17.1 Å². The molecule has 0 aromatic heterocycles. The Morgan fingerprint density at radius 3 is 1.47 bits per heavy atom. The summed E-state index contributed by atoms with van der Waals surface area (Å²) in [4.78, 5) is 2.49. The highest BCUT2D eigenvalue weighted by atomic mass is 15.1. The van der Waals surface area contributed by atoms with Gasteiger partial charge in [-0.2, -0.15) is 0 Å². The van der Waals surface area contributed by atoms with E-state index in [0.29, 0.717) is 0 Å². The highest BCUT2D eigenvalue weighted by Crippen LogP contribution is 2.62. The molecule has 1 nitrogen and oxygen atoms in total. The first-order chi connectivity index (χ1) is 28.1. The van der Waals surface area contributed by atoms with Crippen molar-refractivity contribution in [2.75, 3.05) is 4.90 Å². The zero-order chi connectivity index (χ0) is 38.1. The van der Waals surface area contributed by atoms with Gasteiger partial charge >= 0.3 is 0 Å². The summed E-state index contributed by atoms with van der Waals surface area (Å²) in [6, 6.07) is 78.8. The topological polar surface area (TPSA) is 3.24 Å². The SMILES string of the molecule is CC1(C)c2ccccc2C2(c3ccccc3-c3ccc(-c4ccccc4N(c4ccccc4-c4ccccc4)c4cccc5ccccc45)cc32)c2ccccc21. The summed E-state index contributed by atoms with van der Waals surface area (Å²) in [5, 5.41) is 2.42. The number of rotatable bonds is 5. The van der Waals surface area contributed by atoms with E-state index in [9.17, 15) is 0 Å². The third-order valence-corrected chi connectivity index (χ3v) is 12.7. The fourth-order valence-corrected chi connectivity index (χ4v) is 10.3. The second-order valence-corrected chi connectivity index (χ2v) is 16.0. The van der Waals surface area contributed by atoms with Crippen LogP contribution in [0.5, 0.6) is 0 Å². The molecule has 9 aromatic carbocycles. The Kier molecular flexibility index (Phi) is 7.50. The Hall–Kier alpha value is -6.96. The molecular weight excluding hydrogens is 687 g/mol. The molecule has 11 rings (SSSR count). The van der Waals surface area contributed by atoms with Gasteiger partial charge in [0.1, 0.15) is 0 Å². The quantitative estimate of drug-likeness (QED) is 0.171. The highest BCUT2D eigenvalue weighted by Gasteiger charge is 2.53. The van der Waals surface area contributed by atoms with Gasteiger partial charge in [-0.1, -0.05) is 202 Å². The maximum atomic E-state index is 2.52. The lowest BCUT2D eigenvalue weighted by molar-refractivity contribution is 0.563. The van der Waals surface area contributed by atoms with Crippen LogP contribution < -0.4 is 4.90 Å². The van der Waals surface area contributed by atoms with E-state index in [1.54, 1.807) is 0 Å². The van der Waals surface area contributed by atoms with Crippen LogP contribution in [0.15, 0.2) is 212 Å². The minimum Gasteiger partial charge on any atom is -0.309 e. The number of hydrogen-bond acceptors (Lipinski definition) is 1. The molecule has 0 amide bonds. The molecule has 270 valence electrons. The van der Waals surface area contributed by atoms with Crippen LogP contribution in [-0.2, 0) is 10.8 Å². The van der Waals surface area contributed by atoms with E-state index in [1.165, 1.54) is 77.5 Å². The predicted molar refractivity (Wildman–Crippen MR) is 239 cm³/mol. The van der Waals surface area contributed by atoms with Gasteiger partial charge in [0.25, 0.3) is 0 Å². The van der Waals surface area contributed by atoms with E-state index in [-0.39, 0.29) is 5.41 Å². The van der Waals surface area contributed by atoms with Gasteiger partial charge in [0.2, 0.25) is 0 Å². The predicted octanol–water partition coefficient (Wildman–Crippen LogP) is 14.6. The van der Waals surface area contributed by atoms with E-state index >= 15 is 0 Å². The first kappa shape index (κ1) is 33.4. The van der Waals surface area contributed by atoms with Crippen molar-refractivity contribution < 1.29 is 0 Å². The van der Waals surface area contributed by atoms with Crippen LogP contribution in [0.2, 0.25) is 0 Å². The Morgan fingerprint density at radius 1 is 0.316 bits per heavy atom. The standard InChI is InChI=1S/C56H41N/c1-55(2)47-28-12-14-30-49(47)56(50-31-15-13-29-48(50)55)46-27-11-8-26-44(46)45-36-35-40(37-51(45)56)43-25-10-17-33-53(43)57(54-34-18-22-39-21-6-7-23-42(39)54)52-32-16-9-24-41(52)38-19-4-3-5-20-38/h3-37H,1-2H3. The van der Waals surface area contributed by atoms with Gasteiger partial charge in [-0.05, 0) is 85.3 Å². The number of fused-ring (bicyclic) bond motifs is 10. The van der Waals surface area contributed by atoms with Crippen molar-refractivity contribution in [3.63, 3.8) is 0 Å². The molecule has 0 radical (unpaired) electrons. The van der Waals surface area contributed by atoms with E-state index in [2.05, 4.69) is 231 Å². The number of anilines is 3. The van der Waals surface area contributed by atoms with E-state index in [4.69, 9.17) is 0 Å². The average molecular weight is 728 g/mol. The zero-order valence-electron chi connectivity index (χ0n) is 32.2. The minimum atomic E-state index is -0.463. The largest absolute Gasteiger partial charge is 0.309 e. The van der Waals surface area contributed by atoms with E-state index in [0.717, 1.165) is 17.1 Å². The van der Waals surface area contributed by atoms with Crippen LogP contribution in [0.3, 0.4) is 0 Å². The van der Waals surface area contributed by atoms with Crippen LogP contribution in [0.25, 0.3) is 44.2 Å². The van der Waals surface area contributed by atoms with Gasteiger partial charge in [0.15, 0.2) is 0 Å². The molecule has 0 unspecified atom stereocenters. The van der Waals surface area contributed by atoms with Crippen molar-refractivity contribution in [3.05, 3.63) is 246 Å². The molecular formula is C56H41N. The molecule has 0 N–H and O–H groups in total. The van der Waals surface area contributed by atoms with Gasteiger partial charge in [-0.3, -0.25) is 0 Å². The summed E-state index contributed by atoms with van der Waals surface area (Å²) in [5.74, 6) is 0. The molecule has 1 spiro atoms. The van der Waals surface area contributed by atoms with Gasteiger partial charge in [-0.25, -0.2) is 0 Å². The molecule has 2 aliphatic rings. The Bertz CT molecular complexity index is 2950. The highest BCUT2D eigenvalue weighted by molar-refractivity contribution is 6.03. The molecule has 9 aromatic rings. The number of benzene rings is 9. The fraction of sp³-hybridized carbons (Fsp3) is 0.0714. The first-order valence-corrected chi connectivity index (χ1v) is 20.0. The monoisotopic (exact) mass is 727 g/mol. The van der Waals surface area contributed by atoms with Crippen LogP contribution in [-0.4, -0.2) is 0 Å². The van der Waals surface area contributed by atoms with E-state index < -0.39 is 5.41 Å². The molecule has 0 atom stereocenters. The minimum absolute atomic E-state index is 0.147. The third kappa shape index (κ3) is 4.82. The first-order valence-electron chi connectivity index (χ1n) is 20.0. The van der Waals surface area contributed by atoms with E-state index in [1.807, 2.05) is 0 Å². The number of nitrogens with zero attached hydrogens (tertiary/aromatic N) is 1. The van der Waals surface area contributed by atoms with Crippen molar-refractivity contribution in [1.82, 2.24) is 0 Å². The normalized spacial score (nSPS) is 14.1. The summed E-state index contributed by atoms with van der Waals surface area (Å²) < 4.78 is 0.